The molecule has 0 spiro atoms. The third-order valence-electron chi connectivity index (χ3n) is 2.31. The van der Waals surface area contributed by atoms with E-state index in [-0.39, 0.29) is 5.75 Å². The van der Waals surface area contributed by atoms with Crippen LogP contribution >= 0.6 is 67.8 Å². The molecule has 0 fully saturated rings. The van der Waals surface area contributed by atoms with Crippen molar-refractivity contribution in [1.82, 2.24) is 0 Å². The molecule has 0 amide bonds. The number of benzene rings is 2. The maximum Gasteiger partial charge on any atom is 0.150 e. The summed E-state index contributed by atoms with van der Waals surface area (Å²) in [6.07, 6.45) is 0.804. The van der Waals surface area contributed by atoms with Crippen molar-refractivity contribution in [1.29, 1.82) is 0 Å². The zero-order chi connectivity index (χ0) is 14.0. The molecule has 19 heavy (non-hydrogen) atoms. The van der Waals surface area contributed by atoms with Gasteiger partial charge in [-0.1, -0.05) is 0 Å². The molecule has 2 aromatic rings. The summed E-state index contributed by atoms with van der Waals surface area (Å²) < 4.78 is 8.11. The molecule has 0 atom stereocenters. The van der Waals surface area contributed by atoms with E-state index in [4.69, 9.17) is 4.74 Å². The number of aromatic hydroxyl groups is 1. The fourth-order valence-electron chi connectivity index (χ4n) is 1.40. The van der Waals surface area contributed by atoms with Gasteiger partial charge in [-0.15, -0.1) is 0 Å². The Kier molecular flexibility index (Phi) is 5.29. The smallest absolute Gasteiger partial charge is 0.150 e. The van der Waals surface area contributed by atoms with Gasteiger partial charge in [-0.05, 0) is 98.1 Å². The van der Waals surface area contributed by atoms with E-state index in [0.717, 1.165) is 17.0 Å². The lowest BCUT2D eigenvalue weighted by molar-refractivity contribution is 0.112. The van der Waals surface area contributed by atoms with Crippen LogP contribution in [0.5, 0.6) is 17.2 Å². The summed E-state index contributed by atoms with van der Waals surface area (Å²) in [5.41, 5.74) is 0.617. The Balaban J connectivity index is 2.33. The van der Waals surface area contributed by atoms with Crippen LogP contribution in [0.2, 0.25) is 0 Å². The maximum atomic E-state index is 10.7. The molecular weight excluding hydrogens is 585 g/mol. The summed E-state index contributed by atoms with van der Waals surface area (Å²) >= 11 is 6.23. The summed E-state index contributed by atoms with van der Waals surface area (Å²) in [7, 11) is 0. The predicted molar refractivity (Wildman–Crippen MR) is 98.2 cm³/mol. The van der Waals surface area contributed by atoms with Crippen LogP contribution in [-0.4, -0.2) is 11.4 Å². The molecule has 0 saturated carbocycles. The topological polar surface area (TPSA) is 46.5 Å². The molecule has 0 aliphatic rings. The molecule has 2 aromatic carbocycles. The Bertz CT molecular complexity index is 618. The monoisotopic (exact) mass is 592 g/mol. The van der Waals surface area contributed by atoms with Gasteiger partial charge in [-0.25, -0.2) is 0 Å². The number of phenols is 1. The minimum atomic E-state index is 0.263. The molecule has 0 aliphatic heterocycles. The Hall–Kier alpha value is -0.100. The molecule has 0 aromatic heterocycles. The lowest BCUT2D eigenvalue weighted by Crippen LogP contribution is -1.91. The third kappa shape index (κ3) is 3.72. The number of hydrogen-bond acceptors (Lipinski definition) is 3. The number of phenolic OH excluding ortho intramolecular Hbond substituents is 1. The highest BCUT2D eigenvalue weighted by Crippen LogP contribution is 2.34. The van der Waals surface area contributed by atoms with E-state index >= 15 is 0 Å². The third-order valence-corrected chi connectivity index (χ3v) is 4.80. The van der Waals surface area contributed by atoms with E-state index in [1.807, 2.05) is 0 Å². The number of rotatable bonds is 3. The number of halogens is 3. The molecule has 0 radical (unpaired) electrons. The molecule has 0 bridgehead atoms. The molecule has 0 heterocycles. The van der Waals surface area contributed by atoms with Crippen molar-refractivity contribution < 1.29 is 14.6 Å². The van der Waals surface area contributed by atoms with Crippen LogP contribution < -0.4 is 4.74 Å². The molecule has 0 unspecified atom stereocenters. The van der Waals surface area contributed by atoms with Crippen LogP contribution in [0.4, 0.5) is 0 Å². The minimum Gasteiger partial charge on any atom is -0.506 e. The van der Waals surface area contributed by atoms with Crippen molar-refractivity contribution in [2.75, 3.05) is 0 Å². The molecule has 3 nitrogen and oxygen atoms in total. The van der Waals surface area contributed by atoms with Gasteiger partial charge in [0.2, 0.25) is 0 Å². The number of carbonyl (C=O) groups is 1. The maximum absolute atomic E-state index is 10.7. The Labute approximate surface area is 151 Å². The number of aldehydes is 1. The second kappa shape index (κ2) is 6.57. The molecule has 1 N–H and O–H groups in total. The number of ether oxygens (including phenoxy) is 1. The van der Waals surface area contributed by atoms with Gasteiger partial charge < -0.3 is 9.84 Å². The van der Waals surface area contributed by atoms with Crippen LogP contribution in [-0.2, 0) is 0 Å². The molecule has 6 heteroatoms. The van der Waals surface area contributed by atoms with Gasteiger partial charge in [0.25, 0.3) is 0 Å². The highest BCUT2D eigenvalue weighted by Gasteiger charge is 2.09. The average molecular weight is 592 g/mol. The van der Waals surface area contributed by atoms with E-state index in [2.05, 4.69) is 67.8 Å². The zero-order valence-electron chi connectivity index (χ0n) is 9.36. The minimum absolute atomic E-state index is 0.263. The quantitative estimate of drug-likeness (QED) is 0.412. The lowest BCUT2D eigenvalue weighted by Gasteiger charge is -2.10. The van der Waals surface area contributed by atoms with Crippen molar-refractivity contribution in [2.24, 2.45) is 0 Å². The van der Waals surface area contributed by atoms with Crippen molar-refractivity contribution in [2.45, 2.75) is 0 Å². The second-order valence-corrected chi connectivity index (χ2v) is 7.13. The van der Waals surface area contributed by atoms with Gasteiger partial charge in [-0.3, -0.25) is 4.79 Å². The van der Waals surface area contributed by atoms with E-state index in [1.165, 1.54) is 0 Å². The van der Waals surface area contributed by atoms with Crippen molar-refractivity contribution in [3.8, 4) is 17.2 Å². The molecule has 98 valence electrons. The van der Waals surface area contributed by atoms with Gasteiger partial charge in [0.15, 0.2) is 0 Å². The zero-order valence-corrected chi connectivity index (χ0v) is 15.8. The highest BCUT2D eigenvalue weighted by molar-refractivity contribution is 14.1. The van der Waals surface area contributed by atoms with Crippen LogP contribution in [0, 0.1) is 10.7 Å². The molecular formula is C13H7I3O3. The van der Waals surface area contributed by atoms with Gasteiger partial charge in [0.05, 0.1) is 10.7 Å². The average Bonchev–Trinajstić information content (AvgIpc) is 2.38. The van der Waals surface area contributed by atoms with Crippen molar-refractivity contribution in [3.63, 3.8) is 0 Å². The molecule has 0 aliphatic carbocycles. The first-order chi connectivity index (χ1) is 9.01. The van der Waals surface area contributed by atoms with E-state index in [0.29, 0.717) is 17.1 Å². The van der Waals surface area contributed by atoms with Gasteiger partial charge in [0.1, 0.15) is 23.5 Å². The highest BCUT2D eigenvalue weighted by atomic mass is 127. The summed E-state index contributed by atoms with van der Waals surface area (Å²) in [6.45, 7) is 0. The summed E-state index contributed by atoms with van der Waals surface area (Å²) in [5.74, 6) is 1.60. The van der Waals surface area contributed by atoms with Crippen LogP contribution in [0.1, 0.15) is 10.4 Å². The van der Waals surface area contributed by atoms with Crippen LogP contribution in [0.15, 0.2) is 30.3 Å². The Morgan fingerprint density at radius 3 is 2.16 bits per heavy atom. The predicted octanol–water partition coefficient (Wildman–Crippen LogP) is 4.81. The Morgan fingerprint density at radius 1 is 1.00 bits per heavy atom. The second-order valence-electron chi connectivity index (χ2n) is 3.65. The summed E-state index contributed by atoms with van der Waals surface area (Å²) in [4.78, 5) is 10.7. The van der Waals surface area contributed by atoms with Crippen molar-refractivity contribution in [3.05, 3.63) is 46.6 Å². The fraction of sp³-hybridized carbons (Fsp3) is 0. The lowest BCUT2D eigenvalue weighted by atomic mass is 10.2. The van der Waals surface area contributed by atoms with E-state index < -0.39 is 0 Å². The first-order valence-electron chi connectivity index (χ1n) is 5.12. The van der Waals surface area contributed by atoms with Crippen LogP contribution in [0.25, 0.3) is 0 Å². The molecule has 0 saturated heterocycles. The first-order valence-corrected chi connectivity index (χ1v) is 8.35. The fourth-order valence-corrected chi connectivity index (χ4v) is 3.76. The number of carbonyl (C=O) groups excluding carboxylic acids is 1. The number of hydrogen-bond donors (Lipinski definition) is 1. The van der Waals surface area contributed by atoms with E-state index in [9.17, 15) is 9.90 Å². The van der Waals surface area contributed by atoms with E-state index in [1.54, 1.807) is 30.3 Å². The van der Waals surface area contributed by atoms with Gasteiger partial charge >= 0.3 is 0 Å². The first kappa shape index (κ1) is 15.3. The standard InChI is InChI=1S/C13H7I3O3/c14-9-3-7(6-17)1-2-12(9)19-8-4-10(15)13(18)11(16)5-8/h1-6,18H. The Morgan fingerprint density at radius 2 is 1.63 bits per heavy atom. The van der Waals surface area contributed by atoms with Crippen LogP contribution in [0.3, 0.4) is 0 Å². The summed E-state index contributed by atoms with van der Waals surface area (Å²) in [5, 5.41) is 9.71. The van der Waals surface area contributed by atoms with Gasteiger partial charge in [0, 0.05) is 5.56 Å². The normalized spacial score (nSPS) is 10.3. The van der Waals surface area contributed by atoms with Crippen molar-refractivity contribution >= 4 is 74.1 Å². The summed E-state index contributed by atoms with van der Waals surface area (Å²) in [6, 6.07) is 8.77. The van der Waals surface area contributed by atoms with Gasteiger partial charge in [-0.2, -0.15) is 0 Å². The SMILES string of the molecule is O=Cc1ccc(Oc2cc(I)c(O)c(I)c2)c(I)c1. The molecule has 2 rings (SSSR count). The largest absolute Gasteiger partial charge is 0.506 e.